The average molecular weight is 351 g/mol. The minimum Gasteiger partial charge on any atom is -0.353 e. The third-order valence-electron chi connectivity index (χ3n) is 3.70. The minimum atomic E-state index is -0.354. The van der Waals surface area contributed by atoms with Gasteiger partial charge in [0, 0.05) is 37.0 Å². The molecule has 0 saturated carbocycles. The summed E-state index contributed by atoms with van der Waals surface area (Å²) in [4.78, 5) is 39.8. The second kappa shape index (κ2) is 8.02. The zero-order valence-electron chi connectivity index (χ0n) is 13.9. The molecule has 1 aromatic carbocycles. The van der Waals surface area contributed by atoms with E-state index in [-0.39, 0.29) is 36.7 Å². The van der Waals surface area contributed by atoms with E-state index in [1.807, 2.05) is 30.3 Å². The number of carbonyl (C=O) groups is 1. The standard InChI is InChI=1S/C18H17N5O3/c24-16(12-23-17(25)7-4-8-21-23)19-9-10-22-13-20-15(11-18(22)26)14-5-2-1-3-6-14/h1-8,11,13H,9-10,12H2,(H,19,24). The van der Waals surface area contributed by atoms with Crippen molar-refractivity contribution in [3.8, 4) is 11.3 Å². The number of rotatable bonds is 6. The molecule has 0 spiro atoms. The van der Waals surface area contributed by atoms with Crippen LogP contribution in [-0.2, 0) is 17.9 Å². The molecule has 0 aliphatic carbocycles. The Hall–Kier alpha value is -3.55. The van der Waals surface area contributed by atoms with Crippen molar-refractivity contribution >= 4 is 5.91 Å². The van der Waals surface area contributed by atoms with Crippen LogP contribution in [0.4, 0.5) is 0 Å². The molecule has 26 heavy (non-hydrogen) atoms. The molecule has 0 aliphatic heterocycles. The van der Waals surface area contributed by atoms with Gasteiger partial charge in [0.15, 0.2) is 0 Å². The number of nitrogens with zero attached hydrogens (tertiary/aromatic N) is 4. The van der Waals surface area contributed by atoms with Crippen molar-refractivity contribution in [3.05, 3.63) is 81.8 Å². The van der Waals surface area contributed by atoms with Crippen LogP contribution in [0.15, 0.2) is 70.6 Å². The zero-order chi connectivity index (χ0) is 18.4. The van der Waals surface area contributed by atoms with E-state index in [2.05, 4.69) is 15.4 Å². The van der Waals surface area contributed by atoms with Gasteiger partial charge in [0.05, 0.1) is 12.0 Å². The molecule has 0 aliphatic rings. The summed E-state index contributed by atoms with van der Waals surface area (Å²) in [7, 11) is 0. The van der Waals surface area contributed by atoms with Gasteiger partial charge in [-0.2, -0.15) is 5.10 Å². The summed E-state index contributed by atoms with van der Waals surface area (Å²) in [6.07, 6.45) is 2.90. The number of carbonyl (C=O) groups excluding carboxylic acids is 1. The lowest BCUT2D eigenvalue weighted by Crippen LogP contribution is -2.35. The molecule has 0 atom stereocenters. The van der Waals surface area contributed by atoms with E-state index < -0.39 is 0 Å². The summed E-state index contributed by atoms with van der Waals surface area (Å²) < 4.78 is 2.48. The largest absolute Gasteiger partial charge is 0.353 e. The normalized spacial score (nSPS) is 10.5. The van der Waals surface area contributed by atoms with Crippen molar-refractivity contribution in [2.75, 3.05) is 6.54 Å². The highest BCUT2D eigenvalue weighted by Crippen LogP contribution is 2.13. The minimum absolute atomic E-state index is 0.167. The maximum Gasteiger partial charge on any atom is 0.267 e. The van der Waals surface area contributed by atoms with E-state index in [1.54, 1.807) is 0 Å². The van der Waals surface area contributed by atoms with Crippen molar-refractivity contribution in [2.24, 2.45) is 0 Å². The molecular weight excluding hydrogens is 334 g/mol. The molecule has 1 N–H and O–H groups in total. The van der Waals surface area contributed by atoms with E-state index in [9.17, 15) is 14.4 Å². The highest BCUT2D eigenvalue weighted by Gasteiger charge is 2.06. The predicted molar refractivity (Wildman–Crippen MR) is 95.4 cm³/mol. The second-order valence-electron chi connectivity index (χ2n) is 5.54. The summed E-state index contributed by atoms with van der Waals surface area (Å²) in [5.41, 5.74) is 0.921. The molecule has 0 unspecified atom stereocenters. The molecule has 2 heterocycles. The van der Waals surface area contributed by atoms with Crippen molar-refractivity contribution in [1.82, 2.24) is 24.6 Å². The Morgan fingerprint density at radius 1 is 1.04 bits per heavy atom. The van der Waals surface area contributed by atoms with Crippen LogP contribution in [0.5, 0.6) is 0 Å². The van der Waals surface area contributed by atoms with Crippen LogP contribution in [0.1, 0.15) is 0 Å². The maximum absolute atomic E-state index is 12.2. The van der Waals surface area contributed by atoms with Gasteiger partial charge in [-0.15, -0.1) is 0 Å². The van der Waals surface area contributed by atoms with Gasteiger partial charge in [-0.1, -0.05) is 30.3 Å². The Kier molecular flexibility index (Phi) is 5.33. The quantitative estimate of drug-likeness (QED) is 0.688. The molecule has 0 fully saturated rings. The Labute approximate surface area is 148 Å². The number of benzene rings is 1. The van der Waals surface area contributed by atoms with Crippen LogP contribution >= 0.6 is 0 Å². The smallest absolute Gasteiger partial charge is 0.267 e. The Morgan fingerprint density at radius 3 is 2.58 bits per heavy atom. The lowest BCUT2D eigenvalue weighted by atomic mass is 10.1. The van der Waals surface area contributed by atoms with E-state index in [0.29, 0.717) is 5.69 Å². The first-order chi connectivity index (χ1) is 12.6. The molecule has 8 nitrogen and oxygen atoms in total. The van der Waals surface area contributed by atoms with Crippen LogP contribution in [0.3, 0.4) is 0 Å². The van der Waals surface area contributed by atoms with E-state index in [0.717, 1.165) is 10.2 Å². The van der Waals surface area contributed by atoms with Gasteiger partial charge in [0.2, 0.25) is 5.91 Å². The summed E-state index contributed by atoms with van der Waals surface area (Å²) >= 11 is 0. The SMILES string of the molecule is O=C(Cn1ncccc1=O)NCCn1cnc(-c2ccccc2)cc1=O. The van der Waals surface area contributed by atoms with Crippen molar-refractivity contribution in [1.29, 1.82) is 0 Å². The van der Waals surface area contributed by atoms with Crippen LogP contribution in [0, 0.1) is 0 Å². The lowest BCUT2D eigenvalue weighted by Gasteiger charge is -2.08. The molecule has 3 rings (SSSR count). The van der Waals surface area contributed by atoms with Crippen LogP contribution < -0.4 is 16.4 Å². The molecule has 132 valence electrons. The fourth-order valence-corrected chi connectivity index (χ4v) is 2.37. The predicted octanol–water partition coefficient (Wildman–Crippen LogP) is 0.283. The first-order valence-electron chi connectivity index (χ1n) is 8.04. The molecule has 1 amide bonds. The highest BCUT2D eigenvalue weighted by atomic mass is 16.2. The molecule has 3 aromatic rings. The van der Waals surface area contributed by atoms with Gasteiger partial charge in [0.25, 0.3) is 11.1 Å². The summed E-state index contributed by atoms with van der Waals surface area (Å²) in [6, 6.07) is 13.7. The van der Waals surface area contributed by atoms with Gasteiger partial charge < -0.3 is 5.32 Å². The molecule has 2 aromatic heterocycles. The topological polar surface area (TPSA) is 98.9 Å². The number of aromatic nitrogens is 4. The molecule has 0 radical (unpaired) electrons. The van der Waals surface area contributed by atoms with Gasteiger partial charge in [-0.3, -0.25) is 19.0 Å². The van der Waals surface area contributed by atoms with E-state index in [4.69, 9.17) is 0 Å². The van der Waals surface area contributed by atoms with Crippen LogP contribution in [0.2, 0.25) is 0 Å². The summed E-state index contributed by atoms with van der Waals surface area (Å²) in [5, 5.41) is 6.47. The van der Waals surface area contributed by atoms with Gasteiger partial charge in [-0.25, -0.2) is 9.67 Å². The Balaban J connectivity index is 1.57. The number of amides is 1. The van der Waals surface area contributed by atoms with E-state index >= 15 is 0 Å². The van der Waals surface area contributed by atoms with Crippen molar-refractivity contribution in [2.45, 2.75) is 13.1 Å². The lowest BCUT2D eigenvalue weighted by molar-refractivity contribution is -0.121. The fraction of sp³-hybridized carbons (Fsp3) is 0.167. The average Bonchev–Trinajstić information content (AvgIpc) is 2.65. The van der Waals surface area contributed by atoms with E-state index in [1.165, 1.54) is 35.3 Å². The Morgan fingerprint density at radius 2 is 1.85 bits per heavy atom. The summed E-state index contributed by atoms with van der Waals surface area (Å²) in [5.74, 6) is -0.354. The number of nitrogens with one attached hydrogen (secondary N) is 1. The van der Waals surface area contributed by atoms with Crippen LogP contribution in [0.25, 0.3) is 11.3 Å². The third kappa shape index (κ3) is 4.29. The third-order valence-corrected chi connectivity index (χ3v) is 3.70. The first kappa shape index (κ1) is 17.3. The van der Waals surface area contributed by atoms with Crippen molar-refractivity contribution in [3.63, 3.8) is 0 Å². The number of hydrogen-bond donors (Lipinski definition) is 1. The number of hydrogen-bond acceptors (Lipinski definition) is 5. The van der Waals surface area contributed by atoms with Gasteiger partial charge in [0.1, 0.15) is 6.54 Å². The van der Waals surface area contributed by atoms with Crippen LogP contribution in [-0.4, -0.2) is 31.8 Å². The monoisotopic (exact) mass is 351 g/mol. The molecule has 0 bridgehead atoms. The molecular formula is C18H17N5O3. The first-order valence-corrected chi connectivity index (χ1v) is 8.04. The maximum atomic E-state index is 12.2. The second-order valence-corrected chi connectivity index (χ2v) is 5.54. The summed E-state index contributed by atoms with van der Waals surface area (Å²) in [6.45, 7) is 0.357. The fourth-order valence-electron chi connectivity index (χ4n) is 2.37. The molecule has 8 heteroatoms. The van der Waals surface area contributed by atoms with Gasteiger partial charge in [-0.05, 0) is 6.07 Å². The zero-order valence-corrected chi connectivity index (χ0v) is 13.9. The molecule has 0 saturated heterocycles. The highest BCUT2D eigenvalue weighted by molar-refractivity contribution is 5.75. The van der Waals surface area contributed by atoms with Crippen molar-refractivity contribution < 1.29 is 4.79 Å². The van der Waals surface area contributed by atoms with Gasteiger partial charge >= 0.3 is 0 Å². The Bertz CT molecular complexity index is 1010.